The predicted molar refractivity (Wildman–Crippen MR) is 52.9 cm³/mol. The van der Waals surface area contributed by atoms with Crippen LogP contribution in [0, 0.1) is 0 Å². The number of benzene rings is 1. The molecule has 1 aromatic carbocycles. The maximum absolute atomic E-state index is 11.3. The summed E-state index contributed by atoms with van der Waals surface area (Å²) in [5.74, 6) is 0. The maximum atomic E-state index is 11.3. The first-order valence-corrected chi connectivity index (χ1v) is 4.68. The van der Waals surface area contributed by atoms with Crippen LogP contribution in [0.15, 0.2) is 30.3 Å². The average molecular weight is 191 g/mol. The first-order valence-electron chi connectivity index (χ1n) is 4.68. The molecule has 0 radical (unpaired) electrons. The Labute approximate surface area is 83.3 Å². The molecule has 2 rings (SSSR count). The second kappa shape index (κ2) is 3.33. The number of carbonyl (C=O) groups excluding carboxylic acids is 1. The third-order valence-electron chi connectivity index (χ3n) is 2.58. The van der Waals surface area contributed by atoms with Crippen molar-refractivity contribution in [1.82, 2.24) is 4.90 Å². The summed E-state index contributed by atoms with van der Waals surface area (Å²) in [6, 6.07) is 9.98. The molecule has 1 saturated heterocycles. The van der Waals surface area contributed by atoms with E-state index >= 15 is 0 Å². The van der Waals surface area contributed by atoms with E-state index in [4.69, 9.17) is 4.74 Å². The molecule has 14 heavy (non-hydrogen) atoms. The molecular weight excluding hydrogens is 178 g/mol. The highest BCUT2D eigenvalue weighted by molar-refractivity contribution is 5.70. The Kier molecular flexibility index (Phi) is 2.15. The van der Waals surface area contributed by atoms with Crippen LogP contribution in [0.25, 0.3) is 0 Å². The lowest BCUT2D eigenvalue weighted by Gasteiger charge is -2.19. The Bertz CT molecular complexity index is 336. The second-order valence-electron chi connectivity index (χ2n) is 3.56. The number of nitrogens with zero attached hydrogens (tertiary/aromatic N) is 1. The van der Waals surface area contributed by atoms with E-state index in [1.165, 1.54) is 0 Å². The molecule has 1 aliphatic rings. The Hall–Kier alpha value is -1.51. The van der Waals surface area contributed by atoms with Gasteiger partial charge in [-0.25, -0.2) is 4.79 Å². The van der Waals surface area contributed by atoms with E-state index in [0.29, 0.717) is 0 Å². The summed E-state index contributed by atoms with van der Waals surface area (Å²) in [4.78, 5) is 12.9. The molecule has 0 spiro atoms. The fraction of sp³-hybridized carbons (Fsp3) is 0.364. The zero-order chi connectivity index (χ0) is 10.1. The van der Waals surface area contributed by atoms with E-state index in [9.17, 15) is 4.79 Å². The summed E-state index contributed by atoms with van der Waals surface area (Å²) in [5, 5.41) is 0. The van der Waals surface area contributed by atoms with E-state index in [1.54, 1.807) is 11.9 Å². The summed E-state index contributed by atoms with van der Waals surface area (Å²) in [5.41, 5.74) is 1.12. The van der Waals surface area contributed by atoms with Crippen LogP contribution in [0.3, 0.4) is 0 Å². The number of carbonyl (C=O) groups is 1. The van der Waals surface area contributed by atoms with E-state index in [0.717, 1.165) is 5.56 Å². The molecule has 0 aromatic heterocycles. The lowest BCUT2D eigenvalue weighted by atomic mass is 10.0. The fourth-order valence-corrected chi connectivity index (χ4v) is 1.88. The van der Waals surface area contributed by atoms with Gasteiger partial charge in [0.25, 0.3) is 0 Å². The van der Waals surface area contributed by atoms with Crippen molar-refractivity contribution in [2.24, 2.45) is 0 Å². The van der Waals surface area contributed by atoms with E-state index in [-0.39, 0.29) is 18.2 Å². The van der Waals surface area contributed by atoms with Crippen molar-refractivity contribution in [2.45, 2.75) is 19.1 Å². The molecular formula is C11H13NO2. The molecule has 3 nitrogen and oxygen atoms in total. The van der Waals surface area contributed by atoms with Crippen LogP contribution in [0.5, 0.6) is 0 Å². The minimum absolute atomic E-state index is 0.0451. The number of rotatable bonds is 1. The fourth-order valence-electron chi connectivity index (χ4n) is 1.88. The van der Waals surface area contributed by atoms with Crippen LogP contribution in [-0.2, 0) is 4.74 Å². The average Bonchev–Trinajstić information content (AvgIpc) is 2.43. The molecule has 74 valence electrons. The van der Waals surface area contributed by atoms with Gasteiger partial charge in [-0.1, -0.05) is 30.3 Å². The predicted octanol–water partition coefficient (Wildman–Crippen LogP) is 2.20. The van der Waals surface area contributed by atoms with E-state index in [1.807, 2.05) is 37.3 Å². The largest absolute Gasteiger partial charge is 0.444 e. The van der Waals surface area contributed by atoms with E-state index in [2.05, 4.69) is 0 Å². The van der Waals surface area contributed by atoms with Gasteiger partial charge >= 0.3 is 6.09 Å². The Morgan fingerprint density at radius 3 is 2.43 bits per heavy atom. The molecule has 1 heterocycles. The van der Waals surface area contributed by atoms with Crippen molar-refractivity contribution in [3.8, 4) is 0 Å². The molecule has 0 bridgehead atoms. The van der Waals surface area contributed by atoms with Gasteiger partial charge in [-0.05, 0) is 12.5 Å². The topological polar surface area (TPSA) is 29.5 Å². The van der Waals surface area contributed by atoms with Crippen molar-refractivity contribution in [2.75, 3.05) is 7.05 Å². The van der Waals surface area contributed by atoms with Crippen LogP contribution in [0.4, 0.5) is 4.79 Å². The van der Waals surface area contributed by atoms with Crippen LogP contribution >= 0.6 is 0 Å². The summed E-state index contributed by atoms with van der Waals surface area (Å²) < 4.78 is 5.13. The number of hydrogen-bond donors (Lipinski definition) is 0. The van der Waals surface area contributed by atoms with Gasteiger partial charge in [0.15, 0.2) is 0 Å². The lowest BCUT2D eigenvalue weighted by Crippen LogP contribution is -2.24. The van der Waals surface area contributed by atoms with Gasteiger partial charge in [0, 0.05) is 7.05 Å². The number of likely N-dealkylation sites (N-methyl/N-ethyl adjacent to an activating group) is 1. The zero-order valence-corrected chi connectivity index (χ0v) is 8.31. The van der Waals surface area contributed by atoms with Gasteiger partial charge in [0.2, 0.25) is 0 Å². The first-order chi connectivity index (χ1) is 6.70. The summed E-state index contributed by atoms with van der Waals surface area (Å²) in [6.45, 7) is 1.92. The van der Waals surface area contributed by atoms with Crippen LogP contribution < -0.4 is 0 Å². The summed E-state index contributed by atoms with van der Waals surface area (Å²) >= 11 is 0. The second-order valence-corrected chi connectivity index (χ2v) is 3.56. The number of cyclic esters (lactones) is 1. The number of hydrogen-bond acceptors (Lipinski definition) is 2. The molecule has 0 N–H and O–H groups in total. The quantitative estimate of drug-likeness (QED) is 0.681. The molecule has 2 atom stereocenters. The Morgan fingerprint density at radius 2 is 1.93 bits per heavy atom. The SMILES string of the molecule is C[C@@H]1OC(=O)N(C)[C@H]1c1ccccc1. The number of amides is 1. The van der Waals surface area contributed by atoms with E-state index < -0.39 is 0 Å². The van der Waals surface area contributed by atoms with Crippen molar-refractivity contribution in [1.29, 1.82) is 0 Å². The normalized spacial score (nSPS) is 26.4. The van der Waals surface area contributed by atoms with Gasteiger partial charge in [0.1, 0.15) is 6.10 Å². The smallest absolute Gasteiger partial charge is 0.410 e. The minimum atomic E-state index is -0.244. The zero-order valence-electron chi connectivity index (χ0n) is 8.31. The lowest BCUT2D eigenvalue weighted by molar-refractivity contribution is 0.138. The highest BCUT2D eigenvalue weighted by atomic mass is 16.6. The standard InChI is InChI=1S/C11H13NO2/c1-8-10(12(2)11(13)14-8)9-6-4-3-5-7-9/h3-8,10H,1-2H3/t8-,10+/m0/s1. The number of ether oxygens (including phenoxy) is 1. The van der Waals surface area contributed by atoms with Crippen LogP contribution in [0.2, 0.25) is 0 Å². The molecule has 0 aliphatic carbocycles. The first kappa shape index (κ1) is 9.06. The molecule has 1 fully saturated rings. The van der Waals surface area contributed by atoms with Gasteiger partial charge in [0.05, 0.1) is 6.04 Å². The monoisotopic (exact) mass is 191 g/mol. The van der Waals surface area contributed by atoms with Crippen LogP contribution in [0.1, 0.15) is 18.5 Å². The van der Waals surface area contributed by atoms with Crippen molar-refractivity contribution in [3.63, 3.8) is 0 Å². The highest BCUT2D eigenvalue weighted by Gasteiger charge is 2.37. The van der Waals surface area contributed by atoms with Crippen molar-refractivity contribution in [3.05, 3.63) is 35.9 Å². The molecule has 0 saturated carbocycles. The van der Waals surface area contributed by atoms with Gasteiger partial charge in [-0.3, -0.25) is 0 Å². The molecule has 0 unspecified atom stereocenters. The molecule has 1 aromatic rings. The third kappa shape index (κ3) is 1.35. The van der Waals surface area contributed by atoms with Gasteiger partial charge in [-0.15, -0.1) is 0 Å². The maximum Gasteiger partial charge on any atom is 0.410 e. The van der Waals surface area contributed by atoms with Crippen LogP contribution in [-0.4, -0.2) is 24.1 Å². The molecule has 1 amide bonds. The van der Waals surface area contributed by atoms with Crippen molar-refractivity contribution >= 4 is 6.09 Å². The van der Waals surface area contributed by atoms with Gasteiger partial charge in [-0.2, -0.15) is 0 Å². The molecule has 1 aliphatic heterocycles. The minimum Gasteiger partial charge on any atom is -0.444 e. The highest BCUT2D eigenvalue weighted by Crippen LogP contribution is 2.31. The summed E-state index contributed by atoms with van der Waals surface area (Å²) in [6.07, 6.45) is -0.318. The third-order valence-corrected chi connectivity index (χ3v) is 2.58. The Morgan fingerprint density at radius 1 is 1.29 bits per heavy atom. The van der Waals surface area contributed by atoms with Gasteiger partial charge < -0.3 is 9.64 Å². The van der Waals surface area contributed by atoms with Crippen molar-refractivity contribution < 1.29 is 9.53 Å². The molecule has 3 heteroatoms. The summed E-state index contributed by atoms with van der Waals surface area (Å²) in [7, 11) is 1.77. The Balaban J connectivity index is 2.31.